The summed E-state index contributed by atoms with van der Waals surface area (Å²) >= 11 is 0. The van der Waals surface area contributed by atoms with E-state index < -0.39 is 0 Å². The van der Waals surface area contributed by atoms with Crippen molar-refractivity contribution in [3.63, 3.8) is 0 Å². The van der Waals surface area contributed by atoms with Crippen molar-refractivity contribution in [3.8, 4) is 6.07 Å². The molecule has 1 rings (SSSR count). The highest BCUT2D eigenvalue weighted by Crippen LogP contribution is 2.17. The van der Waals surface area contributed by atoms with E-state index in [1.165, 1.54) is 0 Å². The molecule has 4 heteroatoms. The van der Waals surface area contributed by atoms with Crippen molar-refractivity contribution in [2.45, 2.75) is 52.1 Å². The van der Waals surface area contributed by atoms with Gasteiger partial charge >= 0.3 is 0 Å². The van der Waals surface area contributed by atoms with Gasteiger partial charge in [0.05, 0.1) is 18.5 Å². The van der Waals surface area contributed by atoms with Crippen LogP contribution in [0.25, 0.3) is 0 Å². The average molecular weight is 237 g/mol. The van der Waals surface area contributed by atoms with Crippen molar-refractivity contribution in [1.82, 2.24) is 10.2 Å². The Hall–Kier alpha value is -1.08. The van der Waals surface area contributed by atoms with Crippen molar-refractivity contribution in [1.29, 1.82) is 5.26 Å². The van der Waals surface area contributed by atoms with Gasteiger partial charge in [-0.1, -0.05) is 6.92 Å². The maximum Gasteiger partial charge on any atom is 0.239 e. The summed E-state index contributed by atoms with van der Waals surface area (Å²) < 4.78 is 0. The molecule has 1 fully saturated rings. The minimum absolute atomic E-state index is 0.0557. The lowest BCUT2D eigenvalue weighted by Crippen LogP contribution is -2.52. The van der Waals surface area contributed by atoms with Crippen LogP contribution in [0.4, 0.5) is 0 Å². The number of nitriles is 1. The van der Waals surface area contributed by atoms with Crippen molar-refractivity contribution in [3.05, 3.63) is 0 Å². The molecule has 17 heavy (non-hydrogen) atoms. The maximum absolute atomic E-state index is 12.3. The highest BCUT2D eigenvalue weighted by Gasteiger charge is 2.29. The standard InChI is InChI=1S/C13H23N3O/c1-10(2)16(8-4-6-14)13(17)12-9-11(3)5-7-15-12/h10-12,15H,4-5,7-9H2,1-3H3. The Morgan fingerprint density at radius 1 is 1.59 bits per heavy atom. The summed E-state index contributed by atoms with van der Waals surface area (Å²) in [6, 6.07) is 2.21. The molecular formula is C13H23N3O. The van der Waals surface area contributed by atoms with Gasteiger partial charge in [-0.2, -0.15) is 5.26 Å². The van der Waals surface area contributed by atoms with E-state index in [0.717, 1.165) is 19.4 Å². The molecule has 1 aliphatic heterocycles. The minimum atomic E-state index is -0.0557. The van der Waals surface area contributed by atoms with Crippen molar-refractivity contribution in [2.24, 2.45) is 5.92 Å². The lowest BCUT2D eigenvalue weighted by Gasteiger charge is -2.34. The van der Waals surface area contributed by atoms with Crippen LogP contribution in [-0.4, -0.2) is 36.0 Å². The molecule has 1 aliphatic rings. The van der Waals surface area contributed by atoms with Gasteiger partial charge in [-0.25, -0.2) is 0 Å². The number of piperidine rings is 1. The van der Waals surface area contributed by atoms with Crippen LogP contribution in [0.1, 0.15) is 40.0 Å². The maximum atomic E-state index is 12.3. The number of carbonyl (C=O) groups is 1. The minimum Gasteiger partial charge on any atom is -0.338 e. The molecule has 96 valence electrons. The van der Waals surface area contributed by atoms with E-state index in [9.17, 15) is 4.79 Å². The third-order valence-corrected chi connectivity index (χ3v) is 3.33. The van der Waals surface area contributed by atoms with Crippen LogP contribution >= 0.6 is 0 Å². The largest absolute Gasteiger partial charge is 0.338 e. The molecule has 0 aromatic carbocycles. The molecule has 4 nitrogen and oxygen atoms in total. The van der Waals surface area contributed by atoms with Crippen molar-refractivity contribution >= 4 is 5.91 Å². The SMILES string of the molecule is CC1CCNC(C(=O)N(CCC#N)C(C)C)C1. The van der Waals surface area contributed by atoms with Gasteiger partial charge in [0.15, 0.2) is 0 Å². The van der Waals surface area contributed by atoms with Gasteiger partial charge in [-0.05, 0) is 39.2 Å². The molecule has 1 heterocycles. The summed E-state index contributed by atoms with van der Waals surface area (Å²) in [5.74, 6) is 0.761. The molecular weight excluding hydrogens is 214 g/mol. The van der Waals surface area contributed by atoms with Crippen LogP contribution in [0.3, 0.4) is 0 Å². The Labute approximate surface area is 104 Å². The van der Waals surface area contributed by atoms with E-state index in [1.807, 2.05) is 18.7 Å². The first-order valence-electron chi connectivity index (χ1n) is 6.47. The van der Waals surface area contributed by atoms with Crippen molar-refractivity contribution in [2.75, 3.05) is 13.1 Å². The highest BCUT2D eigenvalue weighted by atomic mass is 16.2. The van der Waals surface area contributed by atoms with Gasteiger partial charge in [0.2, 0.25) is 5.91 Å². The van der Waals surface area contributed by atoms with Gasteiger partial charge in [-0.3, -0.25) is 4.79 Å². The zero-order valence-corrected chi connectivity index (χ0v) is 11.1. The van der Waals surface area contributed by atoms with Gasteiger partial charge < -0.3 is 10.2 Å². The Balaban J connectivity index is 2.60. The number of amides is 1. The van der Waals surface area contributed by atoms with Crippen molar-refractivity contribution < 1.29 is 4.79 Å². The Kier molecular flexibility index (Phi) is 5.43. The monoisotopic (exact) mass is 237 g/mol. The molecule has 0 spiro atoms. The molecule has 0 aromatic rings. The highest BCUT2D eigenvalue weighted by molar-refractivity contribution is 5.82. The molecule has 2 unspecified atom stereocenters. The third kappa shape index (κ3) is 4.01. The first kappa shape index (κ1) is 14.0. The normalized spacial score (nSPS) is 24.4. The summed E-state index contributed by atoms with van der Waals surface area (Å²) in [4.78, 5) is 14.2. The summed E-state index contributed by atoms with van der Waals surface area (Å²) in [6.45, 7) is 7.65. The van der Waals surface area contributed by atoms with Gasteiger partial charge in [0, 0.05) is 12.6 Å². The van der Waals surface area contributed by atoms with Crippen LogP contribution in [0.15, 0.2) is 0 Å². The predicted molar refractivity (Wildman–Crippen MR) is 67.3 cm³/mol. The molecule has 1 amide bonds. The van der Waals surface area contributed by atoms with E-state index in [4.69, 9.17) is 5.26 Å². The van der Waals surface area contributed by atoms with E-state index in [0.29, 0.717) is 18.9 Å². The first-order valence-corrected chi connectivity index (χ1v) is 6.47. The summed E-state index contributed by atoms with van der Waals surface area (Å²) in [5.41, 5.74) is 0. The lowest BCUT2D eigenvalue weighted by atomic mass is 9.93. The van der Waals surface area contributed by atoms with Gasteiger partial charge in [-0.15, -0.1) is 0 Å². The number of hydrogen-bond donors (Lipinski definition) is 1. The van der Waals surface area contributed by atoms with E-state index in [-0.39, 0.29) is 18.0 Å². The van der Waals surface area contributed by atoms with Crippen LogP contribution in [0.2, 0.25) is 0 Å². The molecule has 0 bridgehead atoms. The molecule has 0 radical (unpaired) electrons. The molecule has 1 N–H and O–H groups in total. The molecule has 1 saturated heterocycles. The van der Waals surface area contributed by atoms with Crippen LogP contribution in [0.5, 0.6) is 0 Å². The number of nitrogens with one attached hydrogen (secondary N) is 1. The molecule has 0 aromatic heterocycles. The Bertz CT molecular complexity index is 296. The van der Waals surface area contributed by atoms with Gasteiger partial charge in [0.25, 0.3) is 0 Å². The predicted octanol–water partition coefficient (Wildman–Crippen LogP) is 1.53. The quantitative estimate of drug-likeness (QED) is 0.806. The summed E-state index contributed by atoms with van der Waals surface area (Å²) in [6.07, 6.45) is 2.46. The first-order chi connectivity index (χ1) is 8.06. The summed E-state index contributed by atoms with van der Waals surface area (Å²) in [5, 5.41) is 11.9. The number of hydrogen-bond acceptors (Lipinski definition) is 3. The van der Waals surface area contributed by atoms with E-state index in [1.54, 1.807) is 0 Å². The second-order valence-electron chi connectivity index (χ2n) is 5.17. The van der Waals surface area contributed by atoms with E-state index >= 15 is 0 Å². The Morgan fingerprint density at radius 3 is 2.82 bits per heavy atom. The number of rotatable bonds is 4. The third-order valence-electron chi connectivity index (χ3n) is 3.33. The zero-order valence-electron chi connectivity index (χ0n) is 11.1. The second-order valence-corrected chi connectivity index (χ2v) is 5.17. The molecule has 0 saturated carbocycles. The average Bonchev–Trinajstić information content (AvgIpc) is 2.29. The fourth-order valence-corrected chi connectivity index (χ4v) is 2.29. The smallest absolute Gasteiger partial charge is 0.239 e. The fourth-order valence-electron chi connectivity index (χ4n) is 2.29. The Morgan fingerprint density at radius 2 is 2.29 bits per heavy atom. The van der Waals surface area contributed by atoms with Crippen LogP contribution in [-0.2, 0) is 4.79 Å². The molecule has 0 aliphatic carbocycles. The van der Waals surface area contributed by atoms with Crippen LogP contribution in [0, 0.1) is 17.2 Å². The number of carbonyl (C=O) groups excluding carboxylic acids is 1. The lowest BCUT2D eigenvalue weighted by molar-refractivity contribution is -0.136. The second kappa shape index (κ2) is 6.61. The zero-order chi connectivity index (χ0) is 12.8. The number of nitrogens with zero attached hydrogens (tertiary/aromatic N) is 2. The van der Waals surface area contributed by atoms with E-state index in [2.05, 4.69) is 18.3 Å². The molecule has 2 atom stereocenters. The fraction of sp³-hybridized carbons (Fsp3) is 0.846. The van der Waals surface area contributed by atoms with Gasteiger partial charge in [0.1, 0.15) is 0 Å². The van der Waals surface area contributed by atoms with Crippen LogP contribution < -0.4 is 5.32 Å². The topological polar surface area (TPSA) is 56.1 Å². The summed E-state index contributed by atoms with van der Waals surface area (Å²) in [7, 11) is 0.